The molecule has 0 aromatic carbocycles. The Morgan fingerprint density at radius 1 is 0.266 bits per heavy atom. The molecule has 0 fully saturated rings. The molecule has 0 aliphatic heterocycles. The highest BCUT2D eigenvalue weighted by atomic mass is 16.6. The monoisotopic (exact) mass is 1080 g/mol. The van der Waals surface area contributed by atoms with E-state index in [1.807, 2.05) is 0 Å². The molecule has 0 amide bonds. The lowest BCUT2D eigenvalue weighted by Crippen LogP contribution is -2.30. The van der Waals surface area contributed by atoms with E-state index in [-0.39, 0.29) is 37.5 Å². The summed E-state index contributed by atoms with van der Waals surface area (Å²) < 4.78 is 16.7. The third-order valence-electron chi connectivity index (χ3n) is 12.4. The van der Waals surface area contributed by atoms with E-state index < -0.39 is 6.10 Å². The smallest absolute Gasteiger partial charge is 0.306 e. The lowest BCUT2D eigenvalue weighted by atomic mass is 10.1. The lowest BCUT2D eigenvalue weighted by molar-refractivity contribution is -0.167. The normalized spacial score (nSPS) is 13.4. The molecule has 79 heavy (non-hydrogen) atoms. The van der Waals surface area contributed by atoms with E-state index in [9.17, 15) is 14.4 Å². The maximum Gasteiger partial charge on any atom is 0.306 e. The largest absolute Gasteiger partial charge is 0.462 e. The number of carbonyl (C=O) groups excluding carboxylic acids is 3. The molecule has 0 aromatic rings. The number of unbranched alkanes of at least 4 members (excludes halogenated alkanes) is 13. The van der Waals surface area contributed by atoms with Crippen molar-refractivity contribution in [2.75, 3.05) is 13.2 Å². The van der Waals surface area contributed by atoms with Gasteiger partial charge in [0.15, 0.2) is 6.10 Å². The van der Waals surface area contributed by atoms with Crippen LogP contribution in [0.2, 0.25) is 0 Å². The molecule has 0 saturated heterocycles. The van der Waals surface area contributed by atoms with Crippen molar-refractivity contribution in [2.24, 2.45) is 0 Å². The fourth-order valence-corrected chi connectivity index (χ4v) is 7.79. The van der Waals surface area contributed by atoms with Gasteiger partial charge in [-0.2, -0.15) is 0 Å². The molecule has 6 nitrogen and oxygen atoms in total. The van der Waals surface area contributed by atoms with Gasteiger partial charge in [0.2, 0.25) is 0 Å². The van der Waals surface area contributed by atoms with E-state index in [0.717, 1.165) is 167 Å². The average molecular weight is 1090 g/mol. The predicted molar refractivity (Wildman–Crippen MR) is 343 cm³/mol. The summed E-state index contributed by atoms with van der Waals surface area (Å²) in [7, 11) is 0. The van der Waals surface area contributed by atoms with Crippen molar-refractivity contribution in [3.05, 3.63) is 182 Å². The number of hydrogen-bond donors (Lipinski definition) is 0. The first-order chi connectivity index (χ1) is 39.0. The SMILES string of the molecule is CC/C=C\C/C=C\C/C=C\C/C=C\C/C=C\C/C=C\C/C=C\C/C=C\C/C=C\CCCCCCCCCC(=O)OCC(COC(=O)CCCCCCC)OC(=O)CCCC/C=C\C/C=C\C/C=C\C/C=C\C/C=C\C/C=C\CC. The molecule has 0 spiro atoms. The van der Waals surface area contributed by atoms with Crippen LogP contribution in [0.15, 0.2) is 182 Å². The van der Waals surface area contributed by atoms with Gasteiger partial charge in [0.05, 0.1) is 0 Å². The van der Waals surface area contributed by atoms with Crippen LogP contribution in [0, 0.1) is 0 Å². The molecule has 0 saturated carbocycles. The van der Waals surface area contributed by atoms with Crippen molar-refractivity contribution < 1.29 is 28.6 Å². The standard InChI is InChI=1S/C73H112O6/c1-4-7-10-13-15-17-19-21-23-25-27-29-30-31-32-33-34-35-36-37-38-39-40-41-42-44-45-47-49-51-53-55-57-60-63-66-72(75)78-69-70(68-77-71(74)65-62-59-12-9-6-3)79-73(76)67-64-61-58-56-54-52-50-48-46-43-28-26-24-22-20-18-16-14-11-8-5-2/h7-8,10-11,15-18,21-24,27-29,31-32,34-35,37-38,40-41,43-45,48,50,54,56,70H,4-6,9,12-14,19-20,25-26,30,33,36,39,42,46-47,49,51-53,55,57-69H2,1-3H3/b10-7-,11-8-,17-15-,18-16-,23-21-,24-22-,29-27-,32-31-,35-34-,38-37-,41-40-,43-28-,45-44-,50-48-,56-54-. The second kappa shape index (κ2) is 65.0. The summed E-state index contributed by atoms with van der Waals surface area (Å²) >= 11 is 0. The Hall–Kier alpha value is -5.49. The molecule has 1 unspecified atom stereocenters. The Morgan fingerprint density at radius 2 is 0.494 bits per heavy atom. The van der Waals surface area contributed by atoms with Gasteiger partial charge < -0.3 is 14.2 Å². The highest BCUT2D eigenvalue weighted by Gasteiger charge is 2.19. The van der Waals surface area contributed by atoms with Gasteiger partial charge in [0.25, 0.3) is 0 Å². The van der Waals surface area contributed by atoms with Crippen LogP contribution < -0.4 is 0 Å². The summed E-state index contributed by atoms with van der Waals surface area (Å²) in [5.41, 5.74) is 0. The van der Waals surface area contributed by atoms with Gasteiger partial charge in [-0.1, -0.05) is 261 Å². The van der Waals surface area contributed by atoms with E-state index in [0.29, 0.717) is 19.3 Å². The molecule has 0 aliphatic carbocycles. The Morgan fingerprint density at radius 3 is 0.797 bits per heavy atom. The maximum absolute atomic E-state index is 12.8. The van der Waals surface area contributed by atoms with Crippen LogP contribution >= 0.6 is 0 Å². The molecular formula is C73H112O6. The van der Waals surface area contributed by atoms with Crippen LogP contribution in [0.4, 0.5) is 0 Å². The minimum absolute atomic E-state index is 0.108. The fraction of sp³-hybridized carbons (Fsp3) is 0.548. The Kier molecular flexibility index (Phi) is 60.5. The van der Waals surface area contributed by atoms with E-state index >= 15 is 0 Å². The minimum Gasteiger partial charge on any atom is -0.462 e. The molecule has 0 heterocycles. The first-order valence-corrected chi connectivity index (χ1v) is 31.3. The van der Waals surface area contributed by atoms with Crippen LogP contribution in [0.5, 0.6) is 0 Å². The van der Waals surface area contributed by atoms with Gasteiger partial charge in [-0.15, -0.1) is 0 Å². The van der Waals surface area contributed by atoms with Gasteiger partial charge in [-0.05, 0) is 141 Å². The third-order valence-corrected chi connectivity index (χ3v) is 12.4. The number of ether oxygens (including phenoxy) is 3. The number of allylic oxidation sites excluding steroid dienone is 30. The van der Waals surface area contributed by atoms with E-state index in [2.05, 4.69) is 203 Å². The molecule has 1 atom stereocenters. The summed E-state index contributed by atoms with van der Waals surface area (Å²) in [5.74, 6) is -0.988. The van der Waals surface area contributed by atoms with E-state index in [4.69, 9.17) is 14.2 Å². The zero-order valence-corrected chi connectivity index (χ0v) is 50.3. The summed E-state index contributed by atoms with van der Waals surface area (Å²) in [4.78, 5) is 37.9. The molecule has 0 aromatic heterocycles. The Balaban J connectivity index is 4.18. The topological polar surface area (TPSA) is 78.9 Å². The molecule has 0 N–H and O–H groups in total. The molecule has 0 aliphatic rings. The second-order valence-corrected chi connectivity index (χ2v) is 19.9. The van der Waals surface area contributed by atoms with Gasteiger partial charge in [0, 0.05) is 19.3 Å². The number of hydrogen-bond acceptors (Lipinski definition) is 6. The molecule has 0 rings (SSSR count). The predicted octanol–water partition coefficient (Wildman–Crippen LogP) is 21.7. The van der Waals surface area contributed by atoms with Gasteiger partial charge in [-0.3, -0.25) is 14.4 Å². The van der Waals surface area contributed by atoms with Crippen LogP contribution in [-0.4, -0.2) is 37.2 Å². The minimum atomic E-state index is -0.812. The zero-order chi connectivity index (χ0) is 57.1. The van der Waals surface area contributed by atoms with Crippen molar-refractivity contribution in [2.45, 2.75) is 245 Å². The van der Waals surface area contributed by atoms with Gasteiger partial charge >= 0.3 is 17.9 Å². The van der Waals surface area contributed by atoms with Crippen molar-refractivity contribution in [1.29, 1.82) is 0 Å². The first-order valence-electron chi connectivity index (χ1n) is 31.3. The Bertz CT molecular complexity index is 1870. The van der Waals surface area contributed by atoms with Gasteiger partial charge in [0.1, 0.15) is 13.2 Å². The summed E-state index contributed by atoms with van der Waals surface area (Å²) in [6.07, 6.45) is 98.0. The molecular weight excluding hydrogens is 973 g/mol. The quantitative estimate of drug-likeness (QED) is 0.0261. The Labute approximate surface area is 484 Å². The lowest BCUT2D eigenvalue weighted by Gasteiger charge is -2.18. The van der Waals surface area contributed by atoms with Crippen molar-refractivity contribution in [3.8, 4) is 0 Å². The van der Waals surface area contributed by atoms with Crippen LogP contribution in [0.1, 0.15) is 239 Å². The molecule has 6 heteroatoms. The molecule has 0 bridgehead atoms. The van der Waals surface area contributed by atoms with E-state index in [1.54, 1.807) is 0 Å². The first kappa shape index (κ1) is 73.5. The van der Waals surface area contributed by atoms with Crippen LogP contribution in [0.3, 0.4) is 0 Å². The highest BCUT2D eigenvalue weighted by molar-refractivity contribution is 5.71. The van der Waals surface area contributed by atoms with Crippen LogP contribution in [0.25, 0.3) is 0 Å². The van der Waals surface area contributed by atoms with Gasteiger partial charge in [-0.25, -0.2) is 0 Å². The van der Waals surface area contributed by atoms with Crippen LogP contribution in [-0.2, 0) is 28.6 Å². The zero-order valence-electron chi connectivity index (χ0n) is 50.3. The van der Waals surface area contributed by atoms with Crippen molar-refractivity contribution >= 4 is 17.9 Å². The molecule has 440 valence electrons. The second-order valence-electron chi connectivity index (χ2n) is 19.9. The summed E-state index contributed by atoms with van der Waals surface area (Å²) in [6.45, 7) is 6.26. The average Bonchev–Trinajstić information content (AvgIpc) is 3.45. The fourth-order valence-electron chi connectivity index (χ4n) is 7.79. The van der Waals surface area contributed by atoms with Crippen molar-refractivity contribution in [1.82, 2.24) is 0 Å². The maximum atomic E-state index is 12.8. The van der Waals surface area contributed by atoms with Crippen molar-refractivity contribution in [3.63, 3.8) is 0 Å². The number of rotatable bonds is 54. The summed E-state index contributed by atoms with van der Waals surface area (Å²) in [5, 5.41) is 0. The summed E-state index contributed by atoms with van der Waals surface area (Å²) in [6, 6.07) is 0. The third kappa shape index (κ3) is 63.2. The van der Waals surface area contributed by atoms with E-state index in [1.165, 1.54) is 25.7 Å². The molecule has 0 radical (unpaired) electrons. The highest BCUT2D eigenvalue weighted by Crippen LogP contribution is 2.13. The number of esters is 3. The number of carbonyl (C=O) groups is 3.